The van der Waals surface area contributed by atoms with Gasteiger partial charge in [0.1, 0.15) is 23.1 Å². The van der Waals surface area contributed by atoms with Crippen molar-refractivity contribution in [2.75, 3.05) is 24.1 Å². The summed E-state index contributed by atoms with van der Waals surface area (Å²) in [4.78, 5) is 25.0. The molecule has 1 aliphatic carbocycles. The summed E-state index contributed by atoms with van der Waals surface area (Å²) in [5, 5.41) is 3.84. The first kappa shape index (κ1) is 31.5. The van der Waals surface area contributed by atoms with Gasteiger partial charge in [0, 0.05) is 41.3 Å². The molecular weight excluding hydrogens is 593 g/mol. The van der Waals surface area contributed by atoms with E-state index in [0.29, 0.717) is 29.1 Å². The third kappa shape index (κ3) is 6.88. The average Bonchev–Trinajstić information content (AvgIpc) is 2.95. The number of hydrogen-bond donors (Lipinski definition) is 2. The van der Waals surface area contributed by atoms with Crippen LogP contribution in [0, 0.1) is 17.5 Å². The Morgan fingerprint density at radius 1 is 0.977 bits per heavy atom. The first-order chi connectivity index (χ1) is 20.8. The van der Waals surface area contributed by atoms with E-state index in [2.05, 4.69) is 34.3 Å². The van der Waals surface area contributed by atoms with E-state index in [1.54, 1.807) is 20.0 Å². The van der Waals surface area contributed by atoms with Gasteiger partial charge in [-0.05, 0) is 83.5 Å². The minimum absolute atomic E-state index is 0.116. The van der Waals surface area contributed by atoms with Crippen LogP contribution in [-0.2, 0) is 15.8 Å². The molecule has 2 heterocycles. The smallest absolute Gasteiger partial charge is 0.260 e. The SMILES string of the molecule is CC(C)n1c(=O)c(-c2cc(F)c(NS(=O)(=O)Cc3ccc(F)cc3)cc2F)cc2cnc(N[C@H]3CC[C@H](N(C)C)CC3)nc21. The Bertz CT molecular complexity index is 1840. The molecule has 2 aromatic heterocycles. The molecule has 0 saturated heterocycles. The molecule has 0 atom stereocenters. The molecule has 0 aliphatic heterocycles. The van der Waals surface area contributed by atoms with Gasteiger partial charge in [-0.2, -0.15) is 4.98 Å². The summed E-state index contributed by atoms with van der Waals surface area (Å²) in [5.74, 6) is -2.78. The molecule has 4 aromatic rings. The van der Waals surface area contributed by atoms with Gasteiger partial charge in [-0.1, -0.05) is 12.1 Å². The Morgan fingerprint density at radius 2 is 1.66 bits per heavy atom. The molecule has 0 amide bonds. The van der Waals surface area contributed by atoms with Crippen molar-refractivity contribution in [1.29, 1.82) is 0 Å². The molecule has 44 heavy (non-hydrogen) atoms. The minimum atomic E-state index is -4.16. The summed E-state index contributed by atoms with van der Waals surface area (Å²) in [6.45, 7) is 3.58. The maximum absolute atomic E-state index is 15.4. The predicted octanol–water partition coefficient (Wildman–Crippen LogP) is 5.68. The fourth-order valence-corrected chi connectivity index (χ4v) is 6.81. The van der Waals surface area contributed by atoms with Crippen molar-refractivity contribution in [1.82, 2.24) is 19.4 Å². The van der Waals surface area contributed by atoms with Crippen molar-refractivity contribution in [3.8, 4) is 11.1 Å². The highest BCUT2D eigenvalue weighted by Crippen LogP contribution is 2.30. The third-order valence-corrected chi connectivity index (χ3v) is 9.18. The van der Waals surface area contributed by atoms with E-state index >= 15 is 8.78 Å². The fourth-order valence-electron chi connectivity index (χ4n) is 5.62. The molecular formula is C31H35F3N6O3S. The molecule has 0 radical (unpaired) electrons. The largest absolute Gasteiger partial charge is 0.351 e. The highest BCUT2D eigenvalue weighted by Gasteiger charge is 2.24. The van der Waals surface area contributed by atoms with Gasteiger partial charge >= 0.3 is 0 Å². The lowest BCUT2D eigenvalue weighted by Gasteiger charge is -2.33. The number of benzene rings is 2. The van der Waals surface area contributed by atoms with E-state index < -0.39 is 44.5 Å². The molecule has 5 rings (SSSR count). The summed E-state index contributed by atoms with van der Waals surface area (Å²) in [5.41, 5.74) is -1.01. The standard InChI is InChI=1S/C31H35F3N6O3S/c1-18(2)40-29-20(16-35-31(37-29)36-22-9-11-23(12-10-22)39(3)4)13-25(30(40)41)24-14-27(34)28(15-26(24)33)38-44(42,43)17-19-5-7-21(32)8-6-19/h5-8,13-16,18,22-23,38H,9-12,17H2,1-4H3,(H,35,36,37)/t22-,23-. The molecule has 1 aliphatic rings. The highest BCUT2D eigenvalue weighted by molar-refractivity contribution is 7.91. The monoisotopic (exact) mass is 628 g/mol. The van der Waals surface area contributed by atoms with Gasteiger partial charge in [0.05, 0.1) is 17.0 Å². The van der Waals surface area contributed by atoms with Crippen LogP contribution in [0.3, 0.4) is 0 Å². The number of rotatable bonds is 9. The molecule has 234 valence electrons. The zero-order chi connectivity index (χ0) is 31.8. The van der Waals surface area contributed by atoms with Crippen LogP contribution in [-0.4, -0.2) is 54.0 Å². The predicted molar refractivity (Wildman–Crippen MR) is 166 cm³/mol. The van der Waals surface area contributed by atoms with Crippen LogP contribution in [0.25, 0.3) is 22.2 Å². The van der Waals surface area contributed by atoms with Gasteiger partial charge in [-0.15, -0.1) is 0 Å². The van der Waals surface area contributed by atoms with Crippen LogP contribution in [0.5, 0.6) is 0 Å². The number of nitrogens with one attached hydrogen (secondary N) is 2. The van der Waals surface area contributed by atoms with Crippen molar-refractivity contribution in [3.05, 3.63) is 82.0 Å². The normalized spacial score (nSPS) is 17.4. The van der Waals surface area contributed by atoms with Gasteiger partial charge in [0.15, 0.2) is 0 Å². The Hall–Kier alpha value is -3.97. The second-order valence-electron chi connectivity index (χ2n) is 11.7. The van der Waals surface area contributed by atoms with E-state index in [0.717, 1.165) is 43.9 Å². The number of pyridine rings is 1. The maximum atomic E-state index is 15.4. The number of halogens is 3. The first-order valence-electron chi connectivity index (χ1n) is 14.4. The van der Waals surface area contributed by atoms with E-state index in [-0.39, 0.29) is 28.8 Å². The molecule has 13 heteroatoms. The fraction of sp³-hybridized carbons (Fsp3) is 0.387. The summed E-state index contributed by atoms with van der Waals surface area (Å²) in [6.07, 6.45) is 5.57. The lowest BCUT2D eigenvalue weighted by atomic mass is 9.91. The molecule has 1 saturated carbocycles. The van der Waals surface area contributed by atoms with Crippen LogP contribution in [0.2, 0.25) is 0 Å². The topological polar surface area (TPSA) is 109 Å². The molecule has 0 unspecified atom stereocenters. The van der Waals surface area contributed by atoms with Crippen LogP contribution < -0.4 is 15.6 Å². The van der Waals surface area contributed by atoms with Gasteiger partial charge in [-0.3, -0.25) is 14.1 Å². The summed E-state index contributed by atoms with van der Waals surface area (Å²) < 4.78 is 72.5. The first-order valence-corrected chi connectivity index (χ1v) is 16.1. The maximum Gasteiger partial charge on any atom is 0.260 e. The Kier molecular flexibility index (Phi) is 8.98. The molecule has 0 bridgehead atoms. The summed E-state index contributed by atoms with van der Waals surface area (Å²) >= 11 is 0. The lowest BCUT2D eigenvalue weighted by Crippen LogP contribution is -2.36. The van der Waals surface area contributed by atoms with Crippen LogP contribution in [0.15, 0.2) is 53.5 Å². The molecule has 2 aromatic carbocycles. The molecule has 1 fully saturated rings. The van der Waals surface area contributed by atoms with Crippen molar-refractivity contribution in [3.63, 3.8) is 0 Å². The van der Waals surface area contributed by atoms with Crippen molar-refractivity contribution in [2.45, 2.75) is 63.4 Å². The summed E-state index contributed by atoms with van der Waals surface area (Å²) in [6, 6.07) is 8.05. The van der Waals surface area contributed by atoms with Crippen LogP contribution >= 0.6 is 0 Å². The lowest BCUT2D eigenvalue weighted by molar-refractivity contribution is 0.221. The van der Waals surface area contributed by atoms with Crippen molar-refractivity contribution < 1.29 is 21.6 Å². The zero-order valence-electron chi connectivity index (χ0n) is 24.9. The number of anilines is 2. The van der Waals surface area contributed by atoms with Gasteiger partial charge in [-0.25, -0.2) is 26.6 Å². The second-order valence-corrected chi connectivity index (χ2v) is 13.4. The molecule has 9 nitrogen and oxygen atoms in total. The van der Waals surface area contributed by atoms with Gasteiger partial charge in [0.25, 0.3) is 5.56 Å². The van der Waals surface area contributed by atoms with Crippen LogP contribution in [0.4, 0.5) is 24.8 Å². The van der Waals surface area contributed by atoms with E-state index in [4.69, 9.17) is 0 Å². The Balaban J connectivity index is 1.44. The third-order valence-electron chi connectivity index (χ3n) is 7.93. The number of nitrogens with zero attached hydrogens (tertiary/aromatic N) is 4. The van der Waals surface area contributed by atoms with Crippen molar-refractivity contribution >= 4 is 32.7 Å². The average molecular weight is 629 g/mol. The van der Waals surface area contributed by atoms with Gasteiger partial charge < -0.3 is 10.2 Å². The number of sulfonamides is 1. The Labute approximate surface area is 254 Å². The van der Waals surface area contributed by atoms with Crippen LogP contribution in [0.1, 0.15) is 51.1 Å². The zero-order valence-corrected chi connectivity index (χ0v) is 25.8. The van der Waals surface area contributed by atoms with Crippen molar-refractivity contribution in [2.24, 2.45) is 0 Å². The van der Waals surface area contributed by atoms with E-state index in [9.17, 15) is 17.6 Å². The number of hydrogen-bond acceptors (Lipinski definition) is 7. The van der Waals surface area contributed by atoms with E-state index in [1.807, 2.05) is 4.72 Å². The van der Waals surface area contributed by atoms with E-state index in [1.165, 1.54) is 22.8 Å². The quantitative estimate of drug-likeness (QED) is 0.245. The highest BCUT2D eigenvalue weighted by atomic mass is 32.2. The minimum Gasteiger partial charge on any atom is -0.351 e. The number of fused-ring (bicyclic) bond motifs is 1. The summed E-state index contributed by atoms with van der Waals surface area (Å²) in [7, 11) is -0.00000161. The Morgan fingerprint density at radius 3 is 2.30 bits per heavy atom. The van der Waals surface area contributed by atoms with Gasteiger partial charge in [0.2, 0.25) is 16.0 Å². The second kappa shape index (κ2) is 12.6. The molecule has 0 spiro atoms. The number of aromatic nitrogens is 3. The molecule has 2 N–H and O–H groups in total.